The first-order chi connectivity index (χ1) is 45.5. The fraction of sp³-hybridized carbons (Fsp3) is 1.00. The minimum absolute atomic E-state index is 0. The first-order valence-electron chi connectivity index (χ1n) is 44.8. The molecule has 0 amide bonds. The van der Waals surface area contributed by atoms with E-state index in [0.717, 1.165) is 0 Å². The molecule has 0 bridgehead atoms. The Hall–Kier alpha value is 0.710. The highest BCUT2D eigenvalue weighted by Crippen LogP contribution is 2.19. The second-order valence-corrected chi connectivity index (χ2v) is 34.0. The van der Waals surface area contributed by atoms with E-state index >= 15 is 0 Å². The van der Waals surface area contributed by atoms with Gasteiger partial charge in [0.25, 0.3) is 0 Å². The molecule has 0 aliphatic heterocycles. The van der Waals surface area contributed by atoms with Crippen LogP contribution in [0.1, 0.15) is 479 Å². The zero-order valence-corrected chi connectivity index (χ0v) is 73.8. The lowest BCUT2D eigenvalue weighted by molar-refractivity contribution is -0.890. The molecule has 0 saturated carbocycles. The predicted molar refractivity (Wildman–Crippen MR) is 459 cm³/mol. The maximum atomic E-state index is 2.45. The van der Waals surface area contributed by atoms with Crippen LogP contribution in [-0.2, 0) is 0 Å². The maximum Gasteiger partial charge on any atom is 0.0782 e. The molecule has 0 aromatic rings. The summed E-state index contributed by atoms with van der Waals surface area (Å²) in [5, 5.41) is 0. The van der Waals surface area contributed by atoms with E-state index in [2.05, 4.69) is 112 Å². The van der Waals surface area contributed by atoms with E-state index in [9.17, 15) is 0 Å². The molecule has 4 nitrogen and oxygen atoms in total. The molecule has 97 heavy (non-hydrogen) atoms. The summed E-state index contributed by atoms with van der Waals surface area (Å²) in [7, 11) is 19.5. The van der Waals surface area contributed by atoms with E-state index in [-0.39, 0.29) is 37.2 Å². The van der Waals surface area contributed by atoms with Gasteiger partial charge in [-0.2, -0.15) is 0 Å². The summed E-state index contributed by atoms with van der Waals surface area (Å²) in [5.41, 5.74) is 0. The topological polar surface area (TPSA) is 0 Å². The largest absolute Gasteiger partial charge is 0.328 e. The lowest BCUT2D eigenvalue weighted by Gasteiger charge is -2.30. The van der Waals surface area contributed by atoms with Crippen molar-refractivity contribution in [2.24, 2.45) is 0 Å². The van der Waals surface area contributed by atoms with E-state index in [1.54, 1.807) is 0 Å². The molecular formula is C90H199Cl3N4+4. The van der Waals surface area contributed by atoms with Gasteiger partial charge in [0.15, 0.2) is 0 Å². The summed E-state index contributed by atoms with van der Waals surface area (Å²) in [5.74, 6) is 0. The monoisotopic (exact) mass is 1440 g/mol. The first kappa shape index (κ1) is 111. The van der Waals surface area contributed by atoms with E-state index in [1.165, 1.54) is 494 Å². The normalized spacial score (nSPS) is 11.6. The van der Waals surface area contributed by atoms with Gasteiger partial charge in [-0.3, -0.25) is 0 Å². The van der Waals surface area contributed by atoms with Gasteiger partial charge >= 0.3 is 0 Å². The third-order valence-corrected chi connectivity index (χ3v) is 21.4. The summed E-state index contributed by atoms with van der Waals surface area (Å²) in [6.07, 6.45) is 95.1. The lowest BCUT2D eigenvalue weighted by atomic mass is 10.1. The van der Waals surface area contributed by atoms with E-state index in [1.807, 2.05) is 0 Å². The van der Waals surface area contributed by atoms with Crippen molar-refractivity contribution in [1.82, 2.24) is 0 Å². The van der Waals surface area contributed by atoms with Crippen LogP contribution in [-0.4, -0.2) is 127 Å². The van der Waals surface area contributed by atoms with Crippen LogP contribution < -0.4 is 0 Å². The number of halogens is 3. The summed E-state index contributed by atoms with van der Waals surface area (Å²) in [6, 6.07) is 0. The molecule has 0 aliphatic carbocycles. The van der Waals surface area contributed by atoms with Crippen molar-refractivity contribution in [1.29, 1.82) is 0 Å². The molecule has 0 spiro atoms. The number of rotatable bonds is 74. The fourth-order valence-electron chi connectivity index (χ4n) is 14.2. The Bertz CT molecular complexity index is 1280. The van der Waals surface area contributed by atoms with Crippen LogP contribution in [0.4, 0.5) is 0 Å². The molecule has 0 radical (unpaired) electrons. The van der Waals surface area contributed by atoms with Crippen molar-refractivity contribution in [3.8, 4) is 0 Å². The molecule has 0 saturated heterocycles. The van der Waals surface area contributed by atoms with Gasteiger partial charge in [-0.05, 0) is 103 Å². The van der Waals surface area contributed by atoms with Crippen LogP contribution in [0, 0.1) is 0 Å². The highest BCUT2D eigenvalue weighted by atomic mass is 35.5. The fourth-order valence-corrected chi connectivity index (χ4v) is 14.2. The van der Waals surface area contributed by atoms with Crippen molar-refractivity contribution < 1.29 is 17.9 Å². The minimum Gasteiger partial charge on any atom is -0.328 e. The molecule has 0 unspecified atom stereocenters. The second-order valence-electron chi connectivity index (χ2n) is 34.0. The van der Waals surface area contributed by atoms with Crippen molar-refractivity contribution in [3.05, 3.63) is 0 Å². The number of quaternary nitrogens is 4. The predicted octanol–water partition coefficient (Wildman–Crippen LogP) is 31.4. The van der Waals surface area contributed by atoms with Crippen molar-refractivity contribution in [2.45, 2.75) is 479 Å². The number of nitrogens with zero attached hydrogens (tertiary/aromatic N) is 4. The summed E-state index contributed by atoms with van der Waals surface area (Å²) < 4.78 is 4.97. The maximum absolute atomic E-state index is 2.45. The summed E-state index contributed by atoms with van der Waals surface area (Å²) >= 11 is 0. The van der Waals surface area contributed by atoms with Gasteiger partial charge in [0, 0.05) is 0 Å². The number of hydrogen-bond donors (Lipinski definition) is 0. The molecule has 0 fully saturated rings. The van der Waals surface area contributed by atoms with Gasteiger partial charge in [-0.1, -0.05) is 376 Å². The zero-order chi connectivity index (χ0) is 70.3. The molecule has 0 rings (SSSR count). The van der Waals surface area contributed by atoms with Gasteiger partial charge in [0.05, 0.1) is 109 Å². The Labute approximate surface area is 639 Å². The molecule has 0 aromatic carbocycles. The third kappa shape index (κ3) is 105. The molecule has 0 heterocycles. The Kier molecular flexibility index (Phi) is 104. The van der Waals surface area contributed by atoms with Crippen LogP contribution in [0.15, 0.2) is 0 Å². The minimum atomic E-state index is 0. The van der Waals surface area contributed by atoms with E-state index in [0.29, 0.717) is 0 Å². The van der Waals surface area contributed by atoms with Crippen LogP contribution in [0.2, 0.25) is 0 Å². The highest BCUT2D eigenvalue weighted by molar-refractivity contribution is 5.86. The van der Waals surface area contributed by atoms with E-state index in [4.69, 9.17) is 0 Å². The molecule has 596 valence electrons. The van der Waals surface area contributed by atoms with Crippen molar-refractivity contribution in [3.63, 3.8) is 0 Å². The molecular weight excluding hydrogens is 1240 g/mol. The van der Waals surface area contributed by atoms with Crippen LogP contribution in [0.3, 0.4) is 0 Å². The van der Waals surface area contributed by atoms with Crippen LogP contribution in [0.5, 0.6) is 0 Å². The van der Waals surface area contributed by atoms with E-state index < -0.39 is 0 Å². The van der Waals surface area contributed by atoms with Gasteiger partial charge in [-0.25, -0.2) is 0 Å². The lowest BCUT2D eigenvalue weighted by Crippen LogP contribution is -2.41. The van der Waals surface area contributed by atoms with Crippen molar-refractivity contribution in [2.75, 3.05) is 109 Å². The standard InChI is InChI=1S/C26H56N.2C22H48N.C20H44N.3ClH/c1-5-7-9-11-13-15-17-19-21-23-25-27(3,4)26-24-22-20-18-16-14-12-10-8-6-2;1-5-7-9-11-13-14-15-16-18-20-22-23(3,4)21-19-17-12-10-8-6-2;1-5-7-9-11-13-15-17-19-21-23(3,4)22-20-18-16-14-12-10-8-6-2;1-5-7-9-11-13-14-16-18-20-21(3,4)19-17-15-12-10-8-6-2;;;/h5-26H2,1-4H3;2*5-22H2,1-4H3;5-20H2,1-4H3;3*1H/q4*+1;;;. The second kappa shape index (κ2) is 90.9. The number of hydrogen-bond acceptors (Lipinski definition) is 0. The van der Waals surface area contributed by atoms with Crippen LogP contribution >= 0.6 is 37.2 Å². The quantitative estimate of drug-likeness (QED) is 0.0421. The van der Waals surface area contributed by atoms with Gasteiger partial charge in [0.1, 0.15) is 0 Å². The average Bonchev–Trinajstić information content (AvgIpc) is 2.71. The molecule has 0 aromatic heterocycles. The molecule has 0 atom stereocenters. The summed E-state index contributed by atoms with van der Waals surface area (Å²) in [4.78, 5) is 0. The van der Waals surface area contributed by atoms with Crippen LogP contribution in [0.25, 0.3) is 0 Å². The molecule has 0 N–H and O–H groups in total. The highest BCUT2D eigenvalue weighted by Gasteiger charge is 2.17. The molecule has 0 aliphatic rings. The first-order valence-corrected chi connectivity index (χ1v) is 44.8. The smallest absolute Gasteiger partial charge is 0.0782 e. The average molecular weight is 1440 g/mol. The Morgan fingerprint density at radius 3 is 0.237 bits per heavy atom. The zero-order valence-electron chi connectivity index (χ0n) is 71.3. The summed E-state index contributed by atoms with van der Waals surface area (Å²) in [6.45, 7) is 29.4. The SMILES string of the molecule is CCCCCCCCCCCC[N+](C)(C)CCCCCCCC.CCCCCCCCCCCC[N+](C)(C)CCCCCCCCCCCC.CCCCCCCCCC[N+](C)(C)CCCCCCCC.CCCCCCCCCC[N+](C)(C)CCCCCCCCCC.Cl.Cl.Cl. The molecule has 7 heteroatoms. The van der Waals surface area contributed by atoms with Crippen molar-refractivity contribution >= 4 is 37.2 Å². The number of unbranched alkanes of at least 4 members (excludes halogenated alkanes) is 58. The third-order valence-electron chi connectivity index (χ3n) is 21.4. The Morgan fingerprint density at radius 1 is 0.103 bits per heavy atom. The Morgan fingerprint density at radius 2 is 0.165 bits per heavy atom. The van der Waals surface area contributed by atoms with Gasteiger partial charge in [-0.15, -0.1) is 37.2 Å². The van der Waals surface area contributed by atoms with Gasteiger partial charge in [0.2, 0.25) is 0 Å². The Balaban J connectivity index is -0.000000221. The van der Waals surface area contributed by atoms with Gasteiger partial charge < -0.3 is 17.9 Å².